The first-order valence-electron chi connectivity index (χ1n) is 7.44. The van der Waals surface area contributed by atoms with E-state index in [0.717, 1.165) is 16.8 Å². The van der Waals surface area contributed by atoms with E-state index in [0.29, 0.717) is 6.54 Å². The molecule has 0 bridgehead atoms. The second-order valence-corrected chi connectivity index (χ2v) is 5.92. The number of carbonyl (C=O) groups excluding carboxylic acids is 1. The first kappa shape index (κ1) is 15.3. The monoisotopic (exact) mass is 319 g/mol. The van der Waals surface area contributed by atoms with Gasteiger partial charge in [0.1, 0.15) is 0 Å². The Hall–Kier alpha value is -2.65. The van der Waals surface area contributed by atoms with E-state index in [1.165, 1.54) is 0 Å². The van der Waals surface area contributed by atoms with Crippen molar-refractivity contribution in [2.45, 2.75) is 6.54 Å². The lowest BCUT2D eigenvalue weighted by atomic mass is 10.2. The number of nitrogens with zero attached hydrogens (tertiary/aromatic N) is 1. The van der Waals surface area contributed by atoms with Crippen LogP contribution in [0.25, 0.3) is 6.08 Å². The number of hydrogen-bond acceptors (Lipinski definition) is 2. The van der Waals surface area contributed by atoms with Crippen LogP contribution in [0, 0.1) is 0 Å². The van der Waals surface area contributed by atoms with Gasteiger partial charge in [-0.3, -0.25) is 4.79 Å². The summed E-state index contributed by atoms with van der Waals surface area (Å²) in [7, 11) is 0. The Morgan fingerprint density at radius 3 is 2.30 bits per heavy atom. The average Bonchev–Trinajstić information content (AvgIpc) is 3.13. The zero-order valence-electron chi connectivity index (χ0n) is 12.6. The van der Waals surface area contributed by atoms with Crippen LogP contribution in [0.1, 0.15) is 11.1 Å². The molecule has 1 aromatic heterocycles. The molecule has 3 aromatic rings. The highest BCUT2D eigenvalue weighted by molar-refractivity contribution is 7.08. The van der Waals surface area contributed by atoms with Crippen molar-refractivity contribution in [2.24, 2.45) is 0 Å². The number of para-hydroxylation sites is 1. The fraction of sp³-hybridized carbons (Fsp3) is 0.0500. The van der Waals surface area contributed by atoms with Gasteiger partial charge in [-0.25, -0.2) is 0 Å². The molecule has 23 heavy (non-hydrogen) atoms. The molecule has 3 heteroatoms. The van der Waals surface area contributed by atoms with Crippen LogP contribution in [0.2, 0.25) is 0 Å². The molecule has 0 radical (unpaired) electrons. The van der Waals surface area contributed by atoms with Gasteiger partial charge in [0.2, 0.25) is 0 Å². The second kappa shape index (κ2) is 7.56. The topological polar surface area (TPSA) is 20.3 Å². The predicted molar refractivity (Wildman–Crippen MR) is 97.4 cm³/mol. The minimum absolute atomic E-state index is 0.0220. The molecule has 0 aliphatic rings. The second-order valence-electron chi connectivity index (χ2n) is 5.14. The van der Waals surface area contributed by atoms with Gasteiger partial charge in [0.05, 0.1) is 6.54 Å². The molecular formula is C20H17NOS. The summed E-state index contributed by atoms with van der Waals surface area (Å²) in [4.78, 5) is 14.5. The van der Waals surface area contributed by atoms with E-state index in [1.807, 2.05) is 83.6 Å². The number of carbonyl (C=O) groups is 1. The van der Waals surface area contributed by atoms with Gasteiger partial charge in [0, 0.05) is 11.8 Å². The molecule has 114 valence electrons. The lowest BCUT2D eigenvalue weighted by Crippen LogP contribution is -2.28. The number of anilines is 1. The van der Waals surface area contributed by atoms with E-state index >= 15 is 0 Å². The quantitative estimate of drug-likeness (QED) is 0.606. The van der Waals surface area contributed by atoms with E-state index in [1.54, 1.807) is 22.3 Å². The van der Waals surface area contributed by atoms with Crippen LogP contribution >= 0.6 is 11.3 Å². The molecule has 3 rings (SSSR count). The molecule has 0 aliphatic heterocycles. The molecule has 0 atom stereocenters. The maximum absolute atomic E-state index is 12.7. The van der Waals surface area contributed by atoms with Gasteiger partial charge in [0.15, 0.2) is 0 Å². The molecule has 0 unspecified atom stereocenters. The average molecular weight is 319 g/mol. The standard InChI is InChI=1S/C20H17NOS/c22-20(12-11-18-13-14-23-16-18)21(19-9-5-2-6-10-19)15-17-7-3-1-4-8-17/h1-14,16H,15H2/b12-11+. The van der Waals surface area contributed by atoms with Gasteiger partial charge in [-0.15, -0.1) is 0 Å². The van der Waals surface area contributed by atoms with Crippen LogP contribution < -0.4 is 4.90 Å². The first-order valence-corrected chi connectivity index (χ1v) is 8.38. The summed E-state index contributed by atoms with van der Waals surface area (Å²) in [6.45, 7) is 0.553. The predicted octanol–water partition coefficient (Wildman–Crippen LogP) is 4.99. The molecule has 0 fully saturated rings. The third-order valence-electron chi connectivity index (χ3n) is 3.48. The minimum atomic E-state index is -0.0220. The Balaban J connectivity index is 1.84. The van der Waals surface area contributed by atoms with E-state index in [-0.39, 0.29) is 5.91 Å². The summed E-state index contributed by atoms with van der Waals surface area (Å²) in [5, 5.41) is 4.02. The highest BCUT2D eigenvalue weighted by atomic mass is 32.1. The van der Waals surface area contributed by atoms with Crippen LogP contribution in [-0.2, 0) is 11.3 Å². The number of rotatable bonds is 5. The van der Waals surface area contributed by atoms with E-state index in [2.05, 4.69) is 0 Å². The van der Waals surface area contributed by atoms with Crippen LogP contribution in [-0.4, -0.2) is 5.91 Å². The molecular weight excluding hydrogens is 302 g/mol. The molecule has 2 aromatic carbocycles. The number of thiophene rings is 1. The largest absolute Gasteiger partial charge is 0.304 e. The summed E-state index contributed by atoms with van der Waals surface area (Å²) in [6.07, 6.45) is 3.50. The molecule has 1 amide bonds. The van der Waals surface area contributed by atoms with Crippen LogP contribution in [0.4, 0.5) is 5.69 Å². The Labute approximate surface area is 140 Å². The number of amides is 1. The summed E-state index contributed by atoms with van der Waals surface area (Å²) < 4.78 is 0. The van der Waals surface area contributed by atoms with Crippen molar-refractivity contribution in [3.05, 3.63) is 94.7 Å². The highest BCUT2D eigenvalue weighted by Crippen LogP contribution is 2.18. The zero-order valence-corrected chi connectivity index (χ0v) is 13.4. The fourth-order valence-electron chi connectivity index (χ4n) is 2.30. The van der Waals surface area contributed by atoms with Crippen molar-refractivity contribution in [1.82, 2.24) is 0 Å². The lowest BCUT2D eigenvalue weighted by Gasteiger charge is -2.21. The summed E-state index contributed by atoms with van der Waals surface area (Å²) in [5.41, 5.74) is 3.06. The van der Waals surface area contributed by atoms with Gasteiger partial charge < -0.3 is 4.90 Å². The Morgan fingerprint density at radius 1 is 0.957 bits per heavy atom. The number of hydrogen-bond donors (Lipinski definition) is 0. The molecule has 0 aliphatic carbocycles. The van der Waals surface area contributed by atoms with Crippen molar-refractivity contribution in [2.75, 3.05) is 4.90 Å². The maximum atomic E-state index is 12.7. The highest BCUT2D eigenvalue weighted by Gasteiger charge is 2.13. The normalized spacial score (nSPS) is 10.8. The molecule has 0 N–H and O–H groups in total. The molecule has 0 saturated carbocycles. The Kier molecular flexibility index (Phi) is 5.02. The van der Waals surface area contributed by atoms with E-state index in [9.17, 15) is 4.79 Å². The van der Waals surface area contributed by atoms with Crippen molar-refractivity contribution in [3.63, 3.8) is 0 Å². The lowest BCUT2D eigenvalue weighted by molar-refractivity contribution is -0.114. The Bertz CT molecular complexity index is 764. The van der Waals surface area contributed by atoms with Gasteiger partial charge in [0.25, 0.3) is 5.91 Å². The molecule has 0 saturated heterocycles. The van der Waals surface area contributed by atoms with Crippen molar-refractivity contribution < 1.29 is 4.79 Å². The molecule has 1 heterocycles. The van der Waals surface area contributed by atoms with Crippen molar-refractivity contribution in [3.8, 4) is 0 Å². The fourth-order valence-corrected chi connectivity index (χ4v) is 2.93. The van der Waals surface area contributed by atoms with Gasteiger partial charge in [-0.1, -0.05) is 48.5 Å². The summed E-state index contributed by atoms with van der Waals surface area (Å²) >= 11 is 1.62. The molecule has 2 nitrogen and oxygen atoms in total. The van der Waals surface area contributed by atoms with E-state index in [4.69, 9.17) is 0 Å². The minimum Gasteiger partial charge on any atom is -0.304 e. The third-order valence-corrected chi connectivity index (χ3v) is 4.18. The van der Waals surface area contributed by atoms with Gasteiger partial charge >= 0.3 is 0 Å². The summed E-state index contributed by atoms with van der Waals surface area (Å²) in [5.74, 6) is -0.0220. The van der Waals surface area contributed by atoms with Crippen LogP contribution in [0.5, 0.6) is 0 Å². The van der Waals surface area contributed by atoms with Gasteiger partial charge in [-0.05, 0) is 46.2 Å². The smallest absolute Gasteiger partial charge is 0.251 e. The maximum Gasteiger partial charge on any atom is 0.251 e. The van der Waals surface area contributed by atoms with E-state index < -0.39 is 0 Å². The number of benzene rings is 2. The van der Waals surface area contributed by atoms with Crippen molar-refractivity contribution in [1.29, 1.82) is 0 Å². The SMILES string of the molecule is O=C(/C=C/c1ccsc1)N(Cc1ccccc1)c1ccccc1. The van der Waals surface area contributed by atoms with Crippen LogP contribution in [0.3, 0.4) is 0 Å². The molecule has 0 spiro atoms. The van der Waals surface area contributed by atoms with Gasteiger partial charge in [-0.2, -0.15) is 11.3 Å². The van der Waals surface area contributed by atoms with Crippen LogP contribution in [0.15, 0.2) is 83.6 Å². The Morgan fingerprint density at radius 2 is 1.65 bits per heavy atom. The zero-order chi connectivity index (χ0) is 15.9. The summed E-state index contributed by atoms with van der Waals surface area (Å²) in [6, 6.07) is 21.8. The third kappa shape index (κ3) is 4.18. The van der Waals surface area contributed by atoms with Crippen molar-refractivity contribution >= 4 is 29.0 Å². The first-order chi connectivity index (χ1) is 11.3.